The Morgan fingerprint density at radius 3 is 2.56 bits per heavy atom. The monoisotopic (exact) mass is 483 g/mol. The molecule has 0 spiro atoms. The highest BCUT2D eigenvalue weighted by Gasteiger charge is 2.44. The lowest BCUT2D eigenvalue weighted by atomic mass is 9.69. The molecule has 3 nitrogen and oxygen atoms in total. The number of ketones is 1. The minimum absolute atomic E-state index is 0.0426. The van der Waals surface area contributed by atoms with E-state index in [1.165, 1.54) is 10.6 Å². The van der Waals surface area contributed by atoms with Crippen molar-refractivity contribution in [3.63, 3.8) is 0 Å². The van der Waals surface area contributed by atoms with Crippen LogP contribution in [0.25, 0.3) is 0 Å². The van der Waals surface area contributed by atoms with Crippen molar-refractivity contribution < 1.29 is 9.90 Å². The van der Waals surface area contributed by atoms with Crippen molar-refractivity contribution in [3.8, 4) is 5.75 Å². The van der Waals surface area contributed by atoms with E-state index in [1.807, 2.05) is 37.7 Å². The molecule has 25 heavy (non-hydrogen) atoms. The van der Waals surface area contributed by atoms with Crippen molar-refractivity contribution in [1.82, 2.24) is 5.32 Å². The highest BCUT2D eigenvalue weighted by molar-refractivity contribution is 9.11. The summed E-state index contributed by atoms with van der Waals surface area (Å²) in [6.07, 6.45) is 2.81. The minimum Gasteiger partial charge on any atom is -0.506 e. The van der Waals surface area contributed by atoms with Crippen LogP contribution in [0.2, 0.25) is 0 Å². The van der Waals surface area contributed by atoms with Crippen molar-refractivity contribution in [2.75, 3.05) is 5.75 Å². The van der Waals surface area contributed by atoms with E-state index in [2.05, 4.69) is 37.2 Å². The third-order valence-corrected chi connectivity index (χ3v) is 7.73. The van der Waals surface area contributed by atoms with Gasteiger partial charge in [0.15, 0.2) is 5.78 Å². The smallest absolute Gasteiger partial charge is 0.167 e. The molecule has 0 fully saturated rings. The summed E-state index contributed by atoms with van der Waals surface area (Å²) >= 11 is 8.73. The molecule has 1 aliphatic carbocycles. The predicted octanol–water partition coefficient (Wildman–Crippen LogP) is 5.60. The van der Waals surface area contributed by atoms with E-state index >= 15 is 0 Å². The van der Waals surface area contributed by atoms with Crippen molar-refractivity contribution >= 4 is 49.4 Å². The lowest BCUT2D eigenvalue weighted by Crippen LogP contribution is -2.38. The maximum Gasteiger partial charge on any atom is 0.167 e. The average Bonchev–Trinajstić information content (AvgIpc) is 3.02. The molecular formula is C19H19Br2NO2S. The Bertz CT molecular complexity index is 834. The van der Waals surface area contributed by atoms with Gasteiger partial charge in [0.05, 0.1) is 8.95 Å². The van der Waals surface area contributed by atoms with Gasteiger partial charge in [-0.3, -0.25) is 4.79 Å². The number of phenolic OH excluding ortho intramolecular Hbond substituents is 1. The molecule has 1 unspecified atom stereocenters. The first-order chi connectivity index (χ1) is 11.8. The van der Waals surface area contributed by atoms with Gasteiger partial charge in [0, 0.05) is 39.0 Å². The van der Waals surface area contributed by atoms with Crippen molar-refractivity contribution in [2.24, 2.45) is 5.41 Å². The van der Waals surface area contributed by atoms with Crippen LogP contribution >= 0.6 is 43.6 Å². The SMILES string of the molecule is CC1(C)CCC2=C(C1=O)C(c1cc(Br)c(O)c(Br)c1)C1=C(CCS1)N2. The molecule has 0 aromatic heterocycles. The van der Waals surface area contributed by atoms with Crippen LogP contribution in [0, 0.1) is 5.41 Å². The molecule has 2 aliphatic heterocycles. The Hall–Kier alpha value is -0.720. The number of carbonyl (C=O) groups excluding carboxylic acids is 1. The third kappa shape index (κ3) is 2.81. The summed E-state index contributed by atoms with van der Waals surface area (Å²) in [6, 6.07) is 3.89. The summed E-state index contributed by atoms with van der Waals surface area (Å²) in [4.78, 5) is 14.5. The summed E-state index contributed by atoms with van der Waals surface area (Å²) in [7, 11) is 0. The summed E-state index contributed by atoms with van der Waals surface area (Å²) in [5.41, 5.74) is 3.98. The number of hydrogen-bond acceptors (Lipinski definition) is 4. The van der Waals surface area contributed by atoms with E-state index < -0.39 is 0 Å². The van der Waals surface area contributed by atoms with Crippen LogP contribution in [-0.2, 0) is 4.79 Å². The number of benzene rings is 1. The standard InChI is InChI=1S/C19H19Br2NO2S/c1-19(2)5-3-12-15(18(19)24)14(17-13(22-12)4-6-25-17)9-7-10(20)16(23)11(21)8-9/h7-8,14,22-23H,3-6H2,1-2H3. The van der Waals surface area contributed by atoms with Crippen LogP contribution in [0.3, 0.4) is 0 Å². The number of dihydropyridines is 1. The molecule has 1 aromatic rings. The van der Waals surface area contributed by atoms with E-state index in [9.17, 15) is 9.90 Å². The Balaban J connectivity index is 1.91. The normalized spacial score (nSPS) is 25.0. The van der Waals surface area contributed by atoms with Crippen LogP contribution in [0.1, 0.15) is 44.6 Å². The first kappa shape index (κ1) is 17.7. The van der Waals surface area contributed by atoms with E-state index in [1.54, 1.807) is 0 Å². The second kappa shape index (κ2) is 6.17. The topological polar surface area (TPSA) is 49.3 Å². The largest absolute Gasteiger partial charge is 0.506 e. The van der Waals surface area contributed by atoms with Crippen molar-refractivity contribution in [2.45, 2.75) is 39.0 Å². The minimum atomic E-state index is -0.328. The van der Waals surface area contributed by atoms with E-state index in [4.69, 9.17) is 0 Å². The third-order valence-electron chi connectivity index (χ3n) is 5.32. The van der Waals surface area contributed by atoms with Gasteiger partial charge in [0.1, 0.15) is 5.75 Å². The zero-order valence-electron chi connectivity index (χ0n) is 14.1. The molecule has 1 atom stereocenters. The molecule has 6 heteroatoms. The summed E-state index contributed by atoms with van der Waals surface area (Å²) in [6.45, 7) is 4.09. The van der Waals surface area contributed by atoms with Gasteiger partial charge in [0.2, 0.25) is 0 Å². The van der Waals surface area contributed by atoms with Gasteiger partial charge in [-0.2, -0.15) is 0 Å². The van der Waals surface area contributed by atoms with Gasteiger partial charge in [-0.05, 0) is 68.8 Å². The van der Waals surface area contributed by atoms with Crippen molar-refractivity contribution in [1.29, 1.82) is 0 Å². The lowest BCUT2D eigenvalue weighted by Gasteiger charge is -2.39. The van der Waals surface area contributed by atoms with Gasteiger partial charge in [-0.25, -0.2) is 0 Å². The van der Waals surface area contributed by atoms with Crippen LogP contribution in [0.5, 0.6) is 5.75 Å². The number of halogens is 2. The van der Waals surface area contributed by atoms with Crippen LogP contribution in [-0.4, -0.2) is 16.6 Å². The van der Waals surface area contributed by atoms with Crippen LogP contribution in [0.4, 0.5) is 0 Å². The van der Waals surface area contributed by atoms with E-state index in [-0.39, 0.29) is 22.9 Å². The van der Waals surface area contributed by atoms with Gasteiger partial charge in [-0.1, -0.05) is 13.8 Å². The predicted molar refractivity (Wildman–Crippen MR) is 109 cm³/mol. The van der Waals surface area contributed by atoms with Gasteiger partial charge in [0.25, 0.3) is 0 Å². The lowest BCUT2D eigenvalue weighted by molar-refractivity contribution is -0.124. The molecule has 0 saturated carbocycles. The number of carbonyl (C=O) groups is 1. The second-order valence-electron chi connectivity index (χ2n) is 7.44. The number of rotatable bonds is 1. The number of thioether (sulfide) groups is 1. The van der Waals surface area contributed by atoms with Crippen molar-refractivity contribution in [3.05, 3.63) is 48.5 Å². The molecule has 0 amide bonds. The van der Waals surface area contributed by atoms with Crippen LogP contribution in [0.15, 0.2) is 43.0 Å². The summed E-state index contributed by atoms with van der Waals surface area (Å²) < 4.78 is 1.29. The average molecular weight is 485 g/mol. The molecule has 3 aliphatic rings. The number of nitrogens with one attached hydrogen (secondary N) is 1. The Morgan fingerprint density at radius 2 is 1.88 bits per heavy atom. The maximum absolute atomic E-state index is 13.3. The molecular weight excluding hydrogens is 466 g/mol. The molecule has 132 valence electrons. The molecule has 0 radical (unpaired) electrons. The first-order valence-corrected chi connectivity index (χ1v) is 11.0. The quantitative estimate of drug-likeness (QED) is 0.545. The summed E-state index contributed by atoms with van der Waals surface area (Å²) in [5.74, 6) is 1.44. The Morgan fingerprint density at radius 1 is 1.20 bits per heavy atom. The molecule has 0 saturated heterocycles. The highest BCUT2D eigenvalue weighted by atomic mass is 79.9. The molecule has 2 heterocycles. The number of hydrogen-bond donors (Lipinski definition) is 2. The van der Waals surface area contributed by atoms with Gasteiger partial charge < -0.3 is 10.4 Å². The van der Waals surface area contributed by atoms with Gasteiger partial charge >= 0.3 is 0 Å². The Labute approximate surface area is 168 Å². The fourth-order valence-electron chi connectivity index (χ4n) is 3.86. The molecule has 4 rings (SSSR count). The number of allylic oxidation sites excluding steroid dienone is 4. The second-order valence-corrected chi connectivity index (χ2v) is 10.3. The number of Topliss-reactive ketones (excluding diaryl/α,β-unsaturated/α-hetero) is 1. The highest BCUT2D eigenvalue weighted by Crippen LogP contribution is 2.53. The Kier molecular flexibility index (Phi) is 4.36. The van der Waals surface area contributed by atoms with E-state index in [0.717, 1.165) is 41.8 Å². The molecule has 2 N–H and O–H groups in total. The van der Waals surface area contributed by atoms with Gasteiger partial charge in [-0.15, -0.1) is 11.8 Å². The fourth-order valence-corrected chi connectivity index (χ4v) is 6.36. The first-order valence-electron chi connectivity index (χ1n) is 8.38. The fraction of sp³-hybridized carbons (Fsp3) is 0.421. The van der Waals surface area contributed by atoms with Crippen LogP contribution < -0.4 is 5.32 Å². The maximum atomic E-state index is 13.3. The molecule has 1 aromatic carbocycles. The summed E-state index contributed by atoms with van der Waals surface area (Å²) in [5, 5.41) is 13.7. The number of phenols is 1. The van der Waals surface area contributed by atoms with E-state index in [0.29, 0.717) is 8.95 Å². The zero-order chi connectivity index (χ0) is 17.9. The molecule has 0 bridgehead atoms. The zero-order valence-corrected chi connectivity index (χ0v) is 18.1. The number of aromatic hydroxyl groups is 1.